The first-order valence-corrected chi connectivity index (χ1v) is 7.14. The fraction of sp³-hybridized carbons (Fsp3) is 0.625. The molecule has 1 aliphatic carbocycles. The van der Waals surface area contributed by atoms with Crippen molar-refractivity contribution in [2.45, 2.75) is 52.0 Å². The molecule has 1 fully saturated rings. The van der Waals surface area contributed by atoms with Crippen LogP contribution in [0.1, 0.15) is 57.6 Å². The zero-order valence-corrected chi connectivity index (χ0v) is 11.6. The van der Waals surface area contributed by atoms with Crippen molar-refractivity contribution in [3.8, 4) is 5.75 Å². The molecule has 0 aliphatic heterocycles. The van der Waals surface area contributed by atoms with Gasteiger partial charge in [-0.1, -0.05) is 38.8 Å². The molecule has 1 saturated carbocycles. The fourth-order valence-electron chi connectivity index (χ4n) is 2.89. The van der Waals surface area contributed by atoms with E-state index in [1.807, 2.05) is 12.1 Å². The monoisotopic (exact) mass is 247 g/mol. The van der Waals surface area contributed by atoms with Crippen molar-refractivity contribution in [2.24, 2.45) is 11.1 Å². The van der Waals surface area contributed by atoms with E-state index in [0.717, 1.165) is 18.8 Å². The molecule has 1 aliphatic rings. The average molecular weight is 247 g/mol. The van der Waals surface area contributed by atoms with E-state index in [9.17, 15) is 0 Å². The lowest BCUT2D eigenvalue weighted by Gasteiger charge is -2.31. The lowest BCUT2D eigenvalue weighted by Crippen LogP contribution is -2.29. The minimum absolute atomic E-state index is 0.153. The standard InChI is InChI=1S/C16H25NO/c1-3-12-18-14-8-6-13(7-9-14)15(17)16(2)10-4-5-11-16/h6-9,15H,3-5,10-12,17H2,1-2H3. The summed E-state index contributed by atoms with van der Waals surface area (Å²) in [6, 6.07) is 8.49. The van der Waals surface area contributed by atoms with E-state index in [4.69, 9.17) is 10.5 Å². The Morgan fingerprint density at radius 2 is 1.83 bits per heavy atom. The smallest absolute Gasteiger partial charge is 0.119 e. The quantitative estimate of drug-likeness (QED) is 0.851. The molecule has 0 heterocycles. The van der Waals surface area contributed by atoms with Gasteiger partial charge in [-0.3, -0.25) is 0 Å². The first kappa shape index (κ1) is 13.4. The minimum atomic E-state index is 0.153. The molecular weight excluding hydrogens is 222 g/mol. The zero-order chi connectivity index (χ0) is 13.0. The predicted octanol–water partition coefficient (Wildman–Crippen LogP) is 4.06. The number of ether oxygens (including phenoxy) is 1. The molecule has 0 bridgehead atoms. The molecule has 1 atom stereocenters. The molecule has 1 unspecified atom stereocenters. The Balaban J connectivity index is 2.04. The second-order valence-corrected chi connectivity index (χ2v) is 5.76. The molecule has 2 heteroatoms. The van der Waals surface area contributed by atoms with Crippen LogP contribution < -0.4 is 10.5 Å². The van der Waals surface area contributed by atoms with Crippen LogP contribution in [0.15, 0.2) is 24.3 Å². The van der Waals surface area contributed by atoms with Crippen molar-refractivity contribution in [1.29, 1.82) is 0 Å². The SMILES string of the molecule is CCCOc1ccc(C(N)C2(C)CCCC2)cc1. The summed E-state index contributed by atoms with van der Waals surface area (Å²) in [5.41, 5.74) is 7.97. The Bertz CT molecular complexity index is 365. The molecule has 0 saturated heterocycles. The molecule has 2 nitrogen and oxygen atoms in total. The minimum Gasteiger partial charge on any atom is -0.494 e. The Hall–Kier alpha value is -1.02. The normalized spacial score (nSPS) is 19.7. The highest BCUT2D eigenvalue weighted by molar-refractivity contribution is 5.30. The number of hydrogen-bond acceptors (Lipinski definition) is 2. The highest BCUT2D eigenvalue weighted by Gasteiger charge is 2.35. The number of rotatable bonds is 5. The third-order valence-corrected chi connectivity index (χ3v) is 4.21. The summed E-state index contributed by atoms with van der Waals surface area (Å²) in [6.45, 7) is 5.22. The van der Waals surface area contributed by atoms with Gasteiger partial charge in [0, 0.05) is 6.04 Å². The third-order valence-electron chi connectivity index (χ3n) is 4.21. The number of benzene rings is 1. The van der Waals surface area contributed by atoms with Gasteiger partial charge < -0.3 is 10.5 Å². The van der Waals surface area contributed by atoms with E-state index >= 15 is 0 Å². The van der Waals surface area contributed by atoms with Crippen LogP contribution in [0.25, 0.3) is 0 Å². The lowest BCUT2D eigenvalue weighted by atomic mass is 9.78. The summed E-state index contributed by atoms with van der Waals surface area (Å²) in [7, 11) is 0. The summed E-state index contributed by atoms with van der Waals surface area (Å²) in [5.74, 6) is 0.948. The Kier molecular flexibility index (Phi) is 4.28. The van der Waals surface area contributed by atoms with Crippen molar-refractivity contribution < 1.29 is 4.74 Å². The van der Waals surface area contributed by atoms with Gasteiger partial charge in [-0.05, 0) is 42.4 Å². The summed E-state index contributed by atoms with van der Waals surface area (Å²) in [6.07, 6.45) is 6.19. The average Bonchev–Trinajstić information content (AvgIpc) is 2.84. The fourth-order valence-corrected chi connectivity index (χ4v) is 2.89. The van der Waals surface area contributed by atoms with Crippen molar-refractivity contribution in [3.63, 3.8) is 0 Å². The van der Waals surface area contributed by atoms with Crippen LogP contribution in [-0.4, -0.2) is 6.61 Å². The lowest BCUT2D eigenvalue weighted by molar-refractivity contribution is 0.265. The van der Waals surface area contributed by atoms with Crippen LogP contribution in [0.4, 0.5) is 0 Å². The van der Waals surface area contributed by atoms with E-state index in [0.29, 0.717) is 0 Å². The molecule has 0 aromatic heterocycles. The largest absolute Gasteiger partial charge is 0.494 e. The van der Waals surface area contributed by atoms with Crippen LogP contribution in [0, 0.1) is 5.41 Å². The zero-order valence-electron chi connectivity index (χ0n) is 11.6. The van der Waals surface area contributed by atoms with Gasteiger partial charge in [-0.2, -0.15) is 0 Å². The van der Waals surface area contributed by atoms with E-state index < -0.39 is 0 Å². The molecular formula is C16H25NO. The molecule has 1 aromatic rings. The molecule has 0 spiro atoms. The third kappa shape index (κ3) is 2.86. The highest BCUT2D eigenvalue weighted by atomic mass is 16.5. The Morgan fingerprint density at radius 3 is 2.39 bits per heavy atom. The molecule has 18 heavy (non-hydrogen) atoms. The molecule has 1 aromatic carbocycles. The highest BCUT2D eigenvalue weighted by Crippen LogP contribution is 2.45. The Morgan fingerprint density at radius 1 is 1.22 bits per heavy atom. The van der Waals surface area contributed by atoms with Gasteiger partial charge >= 0.3 is 0 Å². The maximum Gasteiger partial charge on any atom is 0.119 e. The van der Waals surface area contributed by atoms with Gasteiger partial charge in [0.05, 0.1) is 6.61 Å². The molecule has 0 radical (unpaired) electrons. The van der Waals surface area contributed by atoms with Gasteiger partial charge in [0.2, 0.25) is 0 Å². The van der Waals surface area contributed by atoms with Crippen LogP contribution in [0.5, 0.6) is 5.75 Å². The van der Waals surface area contributed by atoms with Gasteiger partial charge in [0.1, 0.15) is 5.75 Å². The summed E-state index contributed by atoms with van der Waals surface area (Å²) in [5, 5.41) is 0. The first-order chi connectivity index (χ1) is 8.65. The van der Waals surface area contributed by atoms with Crippen molar-refractivity contribution in [1.82, 2.24) is 0 Å². The van der Waals surface area contributed by atoms with E-state index in [2.05, 4.69) is 26.0 Å². The number of hydrogen-bond donors (Lipinski definition) is 1. The molecule has 2 N–H and O–H groups in total. The van der Waals surface area contributed by atoms with Gasteiger partial charge in [0.15, 0.2) is 0 Å². The Labute approximate surface area is 111 Å². The molecule has 100 valence electrons. The van der Waals surface area contributed by atoms with E-state index in [1.165, 1.54) is 31.2 Å². The van der Waals surface area contributed by atoms with Crippen molar-refractivity contribution in [3.05, 3.63) is 29.8 Å². The second kappa shape index (κ2) is 5.75. The van der Waals surface area contributed by atoms with E-state index in [1.54, 1.807) is 0 Å². The summed E-state index contributed by atoms with van der Waals surface area (Å²) >= 11 is 0. The molecule has 0 amide bonds. The van der Waals surface area contributed by atoms with Crippen LogP contribution in [0.3, 0.4) is 0 Å². The summed E-state index contributed by atoms with van der Waals surface area (Å²) in [4.78, 5) is 0. The van der Waals surface area contributed by atoms with Gasteiger partial charge in [-0.15, -0.1) is 0 Å². The maximum atomic E-state index is 6.44. The van der Waals surface area contributed by atoms with Crippen LogP contribution in [0.2, 0.25) is 0 Å². The number of nitrogens with two attached hydrogens (primary N) is 1. The van der Waals surface area contributed by atoms with Crippen molar-refractivity contribution >= 4 is 0 Å². The topological polar surface area (TPSA) is 35.2 Å². The predicted molar refractivity (Wildman–Crippen MR) is 75.7 cm³/mol. The van der Waals surface area contributed by atoms with E-state index in [-0.39, 0.29) is 11.5 Å². The maximum absolute atomic E-state index is 6.44. The van der Waals surface area contributed by atoms with Crippen molar-refractivity contribution in [2.75, 3.05) is 6.61 Å². The summed E-state index contributed by atoms with van der Waals surface area (Å²) < 4.78 is 5.60. The van der Waals surface area contributed by atoms with Crippen LogP contribution in [-0.2, 0) is 0 Å². The second-order valence-electron chi connectivity index (χ2n) is 5.76. The van der Waals surface area contributed by atoms with Gasteiger partial charge in [0.25, 0.3) is 0 Å². The van der Waals surface area contributed by atoms with Gasteiger partial charge in [-0.25, -0.2) is 0 Å². The molecule has 2 rings (SSSR count). The first-order valence-electron chi connectivity index (χ1n) is 7.14. The van der Waals surface area contributed by atoms with Crippen LogP contribution >= 0.6 is 0 Å².